The molecule has 0 unspecified atom stereocenters. The fourth-order valence-electron chi connectivity index (χ4n) is 2.77. The molecule has 134 valence electrons. The van der Waals surface area contributed by atoms with Crippen LogP contribution < -0.4 is 15.0 Å². The van der Waals surface area contributed by atoms with Crippen LogP contribution in [-0.4, -0.2) is 17.6 Å². The highest BCUT2D eigenvalue weighted by atomic mass is 32.1. The summed E-state index contributed by atoms with van der Waals surface area (Å²) in [4.78, 5) is 14.3. The third kappa shape index (κ3) is 3.78. The van der Waals surface area contributed by atoms with Gasteiger partial charge in [0.2, 0.25) is 0 Å². The van der Waals surface area contributed by atoms with Gasteiger partial charge in [-0.2, -0.15) is 0 Å². The standard InChI is InChI=1S/C21H22N2O2S/c1-4-25-18-11-5-15(6-12-18)13-19-20(24)23(21(26)22-19)17-9-7-16(8-10-17)14(2)3/h5-14H,4H2,1-3H3,(H,22,26)/b19-13-. The van der Waals surface area contributed by atoms with Gasteiger partial charge in [-0.05, 0) is 66.5 Å². The summed E-state index contributed by atoms with van der Waals surface area (Å²) in [6, 6.07) is 15.5. The van der Waals surface area contributed by atoms with Gasteiger partial charge in [-0.25, -0.2) is 0 Å². The molecule has 5 heteroatoms. The summed E-state index contributed by atoms with van der Waals surface area (Å²) in [7, 11) is 0. The highest BCUT2D eigenvalue weighted by Crippen LogP contribution is 2.25. The SMILES string of the molecule is CCOc1ccc(/C=C2\NC(=S)N(c3ccc(C(C)C)cc3)C2=O)cc1. The van der Waals surface area contributed by atoms with Crippen LogP contribution in [0.25, 0.3) is 6.08 Å². The van der Waals surface area contributed by atoms with Gasteiger partial charge in [0.25, 0.3) is 5.91 Å². The van der Waals surface area contributed by atoms with Gasteiger partial charge in [0.1, 0.15) is 11.4 Å². The van der Waals surface area contributed by atoms with E-state index in [1.807, 2.05) is 55.5 Å². The Morgan fingerprint density at radius 2 is 1.77 bits per heavy atom. The molecular formula is C21H22N2O2S. The highest BCUT2D eigenvalue weighted by Gasteiger charge is 2.31. The minimum atomic E-state index is -0.152. The number of hydrogen-bond donors (Lipinski definition) is 1. The molecular weight excluding hydrogens is 344 g/mol. The highest BCUT2D eigenvalue weighted by molar-refractivity contribution is 7.80. The van der Waals surface area contributed by atoms with Crippen molar-refractivity contribution >= 4 is 35.0 Å². The first kappa shape index (κ1) is 18.1. The smallest absolute Gasteiger partial charge is 0.281 e. The maximum absolute atomic E-state index is 12.8. The number of rotatable bonds is 5. The van der Waals surface area contributed by atoms with E-state index in [2.05, 4.69) is 19.2 Å². The van der Waals surface area contributed by atoms with Gasteiger partial charge >= 0.3 is 0 Å². The molecule has 0 saturated carbocycles. The Bertz CT molecular complexity index is 839. The molecule has 1 fully saturated rings. The van der Waals surface area contributed by atoms with Crippen LogP contribution in [0.1, 0.15) is 37.8 Å². The van der Waals surface area contributed by atoms with Gasteiger partial charge in [-0.3, -0.25) is 9.69 Å². The summed E-state index contributed by atoms with van der Waals surface area (Å²) in [6.45, 7) is 6.85. The van der Waals surface area contributed by atoms with Crippen LogP contribution in [-0.2, 0) is 4.79 Å². The number of benzene rings is 2. The zero-order chi connectivity index (χ0) is 18.7. The van der Waals surface area contributed by atoms with E-state index in [0.29, 0.717) is 23.3 Å². The Balaban J connectivity index is 1.81. The summed E-state index contributed by atoms with van der Waals surface area (Å²) in [5.41, 5.74) is 3.37. The minimum absolute atomic E-state index is 0.152. The van der Waals surface area contributed by atoms with Crippen LogP contribution in [0.3, 0.4) is 0 Å². The lowest BCUT2D eigenvalue weighted by molar-refractivity contribution is -0.113. The van der Waals surface area contributed by atoms with Crippen molar-refractivity contribution in [2.75, 3.05) is 11.5 Å². The molecule has 0 bridgehead atoms. The lowest BCUT2D eigenvalue weighted by atomic mass is 10.0. The van der Waals surface area contributed by atoms with Crippen LogP contribution >= 0.6 is 12.2 Å². The number of carbonyl (C=O) groups is 1. The second kappa shape index (κ2) is 7.70. The number of amides is 1. The quantitative estimate of drug-likeness (QED) is 0.626. The molecule has 0 radical (unpaired) electrons. The second-order valence-electron chi connectivity index (χ2n) is 6.38. The maximum atomic E-state index is 12.8. The number of hydrogen-bond acceptors (Lipinski definition) is 3. The van der Waals surface area contributed by atoms with Crippen LogP contribution in [0.2, 0.25) is 0 Å². The summed E-state index contributed by atoms with van der Waals surface area (Å²) in [5, 5.41) is 3.41. The van der Waals surface area contributed by atoms with Crippen molar-refractivity contribution < 1.29 is 9.53 Å². The number of ether oxygens (including phenoxy) is 1. The van der Waals surface area contributed by atoms with E-state index in [9.17, 15) is 4.79 Å². The lowest BCUT2D eigenvalue weighted by Gasteiger charge is -2.15. The largest absolute Gasteiger partial charge is 0.494 e. The van der Waals surface area contributed by atoms with Gasteiger partial charge in [0.15, 0.2) is 5.11 Å². The molecule has 2 aromatic rings. The molecule has 0 aliphatic carbocycles. The first-order valence-corrected chi connectivity index (χ1v) is 9.10. The third-order valence-corrected chi connectivity index (χ3v) is 4.48. The fourth-order valence-corrected chi connectivity index (χ4v) is 3.07. The van der Waals surface area contributed by atoms with E-state index in [4.69, 9.17) is 17.0 Å². The topological polar surface area (TPSA) is 41.6 Å². The number of anilines is 1. The number of nitrogens with one attached hydrogen (secondary N) is 1. The molecule has 1 N–H and O–H groups in total. The normalized spacial score (nSPS) is 15.7. The molecule has 2 aromatic carbocycles. The zero-order valence-corrected chi connectivity index (χ0v) is 16.0. The molecule has 0 atom stereocenters. The summed E-state index contributed by atoms with van der Waals surface area (Å²) in [5.74, 6) is 1.10. The third-order valence-electron chi connectivity index (χ3n) is 4.20. The molecule has 1 saturated heterocycles. The average Bonchev–Trinajstić information content (AvgIpc) is 2.90. The van der Waals surface area contributed by atoms with Crippen molar-refractivity contribution in [3.8, 4) is 5.75 Å². The van der Waals surface area contributed by atoms with Crippen LogP contribution in [0, 0.1) is 0 Å². The minimum Gasteiger partial charge on any atom is -0.494 e. The second-order valence-corrected chi connectivity index (χ2v) is 6.76. The number of carbonyl (C=O) groups excluding carboxylic acids is 1. The summed E-state index contributed by atoms with van der Waals surface area (Å²) >= 11 is 5.37. The van der Waals surface area contributed by atoms with E-state index in [0.717, 1.165) is 17.0 Å². The van der Waals surface area contributed by atoms with Crippen LogP contribution in [0.15, 0.2) is 54.2 Å². The lowest BCUT2D eigenvalue weighted by Crippen LogP contribution is -2.30. The van der Waals surface area contributed by atoms with Crippen molar-refractivity contribution in [3.63, 3.8) is 0 Å². The molecule has 0 aromatic heterocycles. The average molecular weight is 366 g/mol. The maximum Gasteiger partial charge on any atom is 0.281 e. The van der Waals surface area contributed by atoms with Crippen molar-refractivity contribution in [1.82, 2.24) is 5.32 Å². The number of thiocarbonyl (C=S) groups is 1. The molecule has 1 aliphatic rings. The predicted molar refractivity (Wildman–Crippen MR) is 109 cm³/mol. The fraction of sp³-hybridized carbons (Fsp3) is 0.238. The molecule has 4 nitrogen and oxygen atoms in total. The van der Waals surface area contributed by atoms with Gasteiger partial charge in [-0.1, -0.05) is 38.1 Å². The van der Waals surface area contributed by atoms with Crippen molar-refractivity contribution in [2.45, 2.75) is 26.7 Å². The van der Waals surface area contributed by atoms with Crippen molar-refractivity contribution in [3.05, 3.63) is 65.4 Å². The van der Waals surface area contributed by atoms with E-state index in [1.165, 1.54) is 10.5 Å². The molecule has 1 aliphatic heterocycles. The van der Waals surface area contributed by atoms with Gasteiger partial charge in [0, 0.05) is 0 Å². The zero-order valence-electron chi connectivity index (χ0n) is 15.2. The Morgan fingerprint density at radius 3 is 2.35 bits per heavy atom. The first-order chi connectivity index (χ1) is 12.5. The Kier molecular flexibility index (Phi) is 5.38. The summed E-state index contributed by atoms with van der Waals surface area (Å²) < 4.78 is 5.44. The molecule has 26 heavy (non-hydrogen) atoms. The van der Waals surface area contributed by atoms with Crippen LogP contribution in [0.5, 0.6) is 5.75 Å². The molecule has 1 amide bonds. The summed E-state index contributed by atoms with van der Waals surface area (Å²) in [6.07, 6.45) is 1.80. The molecule has 1 heterocycles. The molecule has 0 spiro atoms. The monoisotopic (exact) mass is 366 g/mol. The first-order valence-electron chi connectivity index (χ1n) is 8.69. The predicted octanol–water partition coefficient (Wildman–Crippen LogP) is 4.47. The van der Waals surface area contributed by atoms with E-state index >= 15 is 0 Å². The Morgan fingerprint density at radius 1 is 1.12 bits per heavy atom. The number of nitrogens with zero attached hydrogens (tertiary/aromatic N) is 1. The van der Waals surface area contributed by atoms with Crippen molar-refractivity contribution in [1.29, 1.82) is 0 Å². The Hall–Kier alpha value is -2.66. The van der Waals surface area contributed by atoms with Crippen LogP contribution in [0.4, 0.5) is 5.69 Å². The van der Waals surface area contributed by atoms with Gasteiger partial charge < -0.3 is 10.1 Å². The molecule has 3 rings (SSSR count). The van der Waals surface area contributed by atoms with E-state index in [-0.39, 0.29) is 5.91 Å². The van der Waals surface area contributed by atoms with Crippen molar-refractivity contribution in [2.24, 2.45) is 0 Å². The Labute approximate surface area is 159 Å². The van der Waals surface area contributed by atoms with E-state index in [1.54, 1.807) is 6.08 Å². The van der Waals surface area contributed by atoms with Gasteiger partial charge in [-0.15, -0.1) is 0 Å². The van der Waals surface area contributed by atoms with Gasteiger partial charge in [0.05, 0.1) is 12.3 Å². The van der Waals surface area contributed by atoms with E-state index < -0.39 is 0 Å².